The van der Waals surface area contributed by atoms with Gasteiger partial charge < -0.3 is 5.32 Å². The predicted octanol–water partition coefficient (Wildman–Crippen LogP) is 4.25. The molecule has 7 nitrogen and oxygen atoms in total. The minimum atomic E-state index is -0.154. The van der Waals surface area contributed by atoms with Gasteiger partial charge in [0.1, 0.15) is 6.54 Å². The number of hydrogen-bond acceptors (Lipinski definition) is 4. The van der Waals surface area contributed by atoms with E-state index in [4.69, 9.17) is 28.9 Å². The molecule has 0 saturated heterocycles. The second-order valence-corrected chi connectivity index (χ2v) is 8.52. The second kappa shape index (κ2) is 8.72. The maximum Gasteiger partial charge on any atom is 0.240 e. The summed E-state index contributed by atoms with van der Waals surface area (Å²) in [6.45, 7) is 0.442. The van der Waals surface area contributed by atoms with E-state index in [1.807, 2.05) is 47.1 Å². The van der Waals surface area contributed by atoms with Gasteiger partial charge in [-0.1, -0.05) is 29.8 Å². The summed E-state index contributed by atoms with van der Waals surface area (Å²) in [7, 11) is 0. The van der Waals surface area contributed by atoms with Gasteiger partial charge in [-0.3, -0.25) is 14.5 Å². The predicted molar refractivity (Wildman–Crippen MR) is 125 cm³/mol. The number of halogens is 1. The van der Waals surface area contributed by atoms with Gasteiger partial charge in [-0.25, -0.2) is 4.68 Å². The van der Waals surface area contributed by atoms with Crippen molar-refractivity contribution < 1.29 is 4.79 Å². The summed E-state index contributed by atoms with van der Waals surface area (Å²) in [5.41, 5.74) is 5.27. The average molecular weight is 465 g/mol. The molecule has 0 radical (unpaired) electrons. The van der Waals surface area contributed by atoms with Crippen LogP contribution in [-0.2, 0) is 30.7 Å². The van der Waals surface area contributed by atoms with Crippen LogP contribution in [0.2, 0.25) is 5.02 Å². The van der Waals surface area contributed by atoms with Crippen LogP contribution in [0.4, 0.5) is 0 Å². The molecule has 0 fully saturated rings. The summed E-state index contributed by atoms with van der Waals surface area (Å²) < 4.78 is 4.08. The lowest BCUT2D eigenvalue weighted by Gasteiger charge is -2.08. The Morgan fingerprint density at radius 1 is 1.12 bits per heavy atom. The SMILES string of the molecule is O=C(Cn1c(-c2ccc(Cl)cc2)n[nH]c1=S)NCc1nn(-c2ccccc2)c2c1CCC2. The molecule has 2 N–H and O–H groups in total. The van der Waals surface area contributed by atoms with E-state index in [1.54, 1.807) is 16.7 Å². The Bertz CT molecular complexity index is 1320. The van der Waals surface area contributed by atoms with Crippen molar-refractivity contribution in [3.63, 3.8) is 0 Å². The van der Waals surface area contributed by atoms with Crippen molar-refractivity contribution in [3.8, 4) is 17.1 Å². The second-order valence-electron chi connectivity index (χ2n) is 7.69. The fourth-order valence-corrected chi connectivity index (χ4v) is 4.43. The van der Waals surface area contributed by atoms with Crippen molar-refractivity contribution in [1.29, 1.82) is 0 Å². The van der Waals surface area contributed by atoms with Crippen molar-refractivity contribution in [3.05, 3.63) is 81.3 Å². The van der Waals surface area contributed by atoms with Crippen molar-refractivity contribution in [2.24, 2.45) is 0 Å². The highest BCUT2D eigenvalue weighted by atomic mass is 35.5. The number of aromatic nitrogens is 5. The number of para-hydroxylation sites is 1. The highest BCUT2D eigenvalue weighted by Crippen LogP contribution is 2.27. The Kier molecular flexibility index (Phi) is 5.63. The summed E-state index contributed by atoms with van der Waals surface area (Å²) in [6, 6.07) is 17.4. The Balaban J connectivity index is 1.32. The molecular formula is C23H21ClN6OS. The zero-order chi connectivity index (χ0) is 22.1. The molecule has 0 unspecified atom stereocenters. The van der Waals surface area contributed by atoms with E-state index in [2.05, 4.69) is 15.5 Å². The van der Waals surface area contributed by atoms with Crippen LogP contribution < -0.4 is 5.32 Å². The molecule has 2 heterocycles. The first-order valence-corrected chi connectivity index (χ1v) is 11.2. The maximum atomic E-state index is 12.8. The molecule has 4 aromatic rings. The first kappa shape index (κ1) is 20.7. The third-order valence-corrected chi connectivity index (χ3v) is 6.19. The molecule has 162 valence electrons. The van der Waals surface area contributed by atoms with Crippen LogP contribution in [0.15, 0.2) is 54.6 Å². The summed E-state index contributed by atoms with van der Waals surface area (Å²) in [4.78, 5) is 12.8. The van der Waals surface area contributed by atoms with Gasteiger partial charge in [0.25, 0.3) is 0 Å². The number of benzene rings is 2. The van der Waals surface area contributed by atoms with Crippen molar-refractivity contribution in [1.82, 2.24) is 29.9 Å². The topological polar surface area (TPSA) is 80.5 Å². The molecule has 0 bridgehead atoms. The van der Waals surface area contributed by atoms with Crippen LogP contribution in [0.3, 0.4) is 0 Å². The zero-order valence-electron chi connectivity index (χ0n) is 17.2. The van der Waals surface area contributed by atoms with Crippen molar-refractivity contribution in [2.45, 2.75) is 32.4 Å². The minimum Gasteiger partial charge on any atom is -0.349 e. The number of fused-ring (bicyclic) bond motifs is 1. The van der Waals surface area contributed by atoms with Gasteiger partial charge in [-0.05, 0) is 73.4 Å². The zero-order valence-corrected chi connectivity index (χ0v) is 18.8. The molecule has 1 aliphatic carbocycles. The van der Waals surface area contributed by atoms with Crippen LogP contribution in [0.1, 0.15) is 23.4 Å². The molecule has 1 aliphatic rings. The lowest BCUT2D eigenvalue weighted by atomic mass is 10.2. The fraction of sp³-hybridized carbons (Fsp3) is 0.217. The van der Waals surface area contributed by atoms with Gasteiger partial charge >= 0.3 is 0 Å². The van der Waals surface area contributed by atoms with Crippen LogP contribution >= 0.6 is 23.8 Å². The lowest BCUT2D eigenvalue weighted by Crippen LogP contribution is -2.28. The van der Waals surface area contributed by atoms with E-state index in [0.717, 1.165) is 36.2 Å². The Morgan fingerprint density at radius 2 is 1.91 bits per heavy atom. The molecule has 2 aromatic carbocycles. The van der Waals surface area contributed by atoms with Gasteiger partial charge in [0, 0.05) is 16.3 Å². The number of carbonyl (C=O) groups is 1. The number of hydrogen-bond donors (Lipinski definition) is 2. The highest BCUT2D eigenvalue weighted by Gasteiger charge is 2.23. The Morgan fingerprint density at radius 3 is 2.69 bits per heavy atom. The van der Waals surface area contributed by atoms with E-state index in [1.165, 1.54) is 11.3 Å². The van der Waals surface area contributed by atoms with Crippen LogP contribution in [0.25, 0.3) is 17.1 Å². The molecule has 32 heavy (non-hydrogen) atoms. The summed E-state index contributed by atoms with van der Waals surface area (Å²) in [6.07, 6.45) is 3.09. The summed E-state index contributed by atoms with van der Waals surface area (Å²) >= 11 is 11.3. The van der Waals surface area contributed by atoms with Crippen molar-refractivity contribution in [2.75, 3.05) is 0 Å². The van der Waals surface area contributed by atoms with Gasteiger partial charge in [0.15, 0.2) is 10.6 Å². The summed E-state index contributed by atoms with van der Waals surface area (Å²) in [5, 5.41) is 15.5. The summed E-state index contributed by atoms with van der Waals surface area (Å²) in [5.74, 6) is 0.440. The maximum absolute atomic E-state index is 12.8. The molecule has 0 atom stereocenters. The van der Waals surface area contributed by atoms with Crippen LogP contribution in [0.5, 0.6) is 0 Å². The third kappa shape index (κ3) is 3.99. The molecule has 5 rings (SSSR count). The van der Waals surface area contributed by atoms with Crippen molar-refractivity contribution >= 4 is 29.7 Å². The number of amides is 1. The Hall–Kier alpha value is -3.23. The van der Waals surface area contributed by atoms with Gasteiger partial charge in [0.2, 0.25) is 5.91 Å². The molecular weight excluding hydrogens is 444 g/mol. The normalized spacial score (nSPS) is 12.7. The third-order valence-electron chi connectivity index (χ3n) is 5.63. The lowest BCUT2D eigenvalue weighted by molar-refractivity contribution is -0.121. The van der Waals surface area contributed by atoms with E-state index in [-0.39, 0.29) is 12.5 Å². The Labute approximate surface area is 195 Å². The first-order chi connectivity index (χ1) is 15.6. The molecule has 0 spiro atoms. The minimum absolute atomic E-state index is 0.0644. The molecule has 0 aliphatic heterocycles. The number of rotatable bonds is 6. The van der Waals surface area contributed by atoms with E-state index in [0.29, 0.717) is 22.2 Å². The van der Waals surface area contributed by atoms with Gasteiger partial charge in [-0.15, -0.1) is 0 Å². The number of aromatic amines is 1. The van der Waals surface area contributed by atoms with Crippen LogP contribution in [0, 0.1) is 4.77 Å². The number of carbonyl (C=O) groups excluding carboxylic acids is 1. The van der Waals surface area contributed by atoms with E-state index < -0.39 is 0 Å². The molecule has 9 heteroatoms. The van der Waals surface area contributed by atoms with Gasteiger partial charge in [-0.2, -0.15) is 10.2 Å². The average Bonchev–Trinajstić information content (AvgIpc) is 3.50. The fourth-order valence-electron chi connectivity index (χ4n) is 4.10. The molecule has 0 saturated carbocycles. The molecule has 1 amide bonds. The molecule has 2 aromatic heterocycles. The number of H-pyrrole nitrogens is 1. The first-order valence-electron chi connectivity index (χ1n) is 10.4. The monoisotopic (exact) mass is 464 g/mol. The quantitative estimate of drug-likeness (QED) is 0.418. The van der Waals surface area contributed by atoms with Crippen LogP contribution in [-0.4, -0.2) is 30.5 Å². The van der Waals surface area contributed by atoms with Gasteiger partial charge in [0.05, 0.1) is 17.9 Å². The van der Waals surface area contributed by atoms with E-state index >= 15 is 0 Å². The smallest absolute Gasteiger partial charge is 0.240 e. The van der Waals surface area contributed by atoms with E-state index in [9.17, 15) is 4.79 Å². The number of nitrogens with zero attached hydrogens (tertiary/aromatic N) is 4. The number of nitrogens with one attached hydrogen (secondary N) is 2. The standard InChI is InChI=1S/C23H21ClN6OS/c24-16-11-9-15(10-12-16)22-26-27-23(32)29(22)14-21(31)25-13-19-18-7-4-8-20(18)30(28-19)17-5-2-1-3-6-17/h1-3,5-6,9-12H,4,7-8,13-14H2,(H,25,31)(H,27,32). The highest BCUT2D eigenvalue weighted by molar-refractivity contribution is 7.71. The largest absolute Gasteiger partial charge is 0.349 e.